The number of carbonyl (C=O) groups is 1. The molecule has 0 radical (unpaired) electrons. The number of rotatable bonds is 4. The summed E-state index contributed by atoms with van der Waals surface area (Å²) in [4.78, 5) is 18.8. The molecule has 1 saturated heterocycles. The van der Waals surface area contributed by atoms with Crippen LogP contribution in [0, 0.1) is 0 Å². The fourth-order valence-electron chi connectivity index (χ4n) is 3.57. The molecule has 130 valence electrons. The first-order chi connectivity index (χ1) is 12.3. The van der Waals surface area contributed by atoms with Crippen molar-refractivity contribution in [3.8, 4) is 5.88 Å². The van der Waals surface area contributed by atoms with Crippen LogP contribution in [0.15, 0.2) is 48.7 Å². The van der Waals surface area contributed by atoms with Gasteiger partial charge in [-0.15, -0.1) is 0 Å². The van der Waals surface area contributed by atoms with Gasteiger partial charge in [-0.25, -0.2) is 4.98 Å². The van der Waals surface area contributed by atoms with E-state index in [0.717, 1.165) is 24.9 Å². The Morgan fingerprint density at radius 3 is 3.00 bits per heavy atom. The number of benzene rings is 1. The van der Waals surface area contributed by atoms with E-state index in [4.69, 9.17) is 9.47 Å². The highest BCUT2D eigenvalue weighted by Crippen LogP contribution is 2.30. The van der Waals surface area contributed by atoms with E-state index < -0.39 is 0 Å². The number of pyridine rings is 1. The number of hydrogen-bond acceptors (Lipinski definition) is 4. The Labute approximate surface area is 147 Å². The summed E-state index contributed by atoms with van der Waals surface area (Å²) in [7, 11) is 0. The van der Waals surface area contributed by atoms with E-state index in [1.807, 2.05) is 35.2 Å². The van der Waals surface area contributed by atoms with Gasteiger partial charge >= 0.3 is 0 Å². The molecule has 0 spiro atoms. The Morgan fingerprint density at radius 2 is 2.12 bits per heavy atom. The molecular weight excluding hydrogens is 316 g/mol. The number of aromatic nitrogens is 1. The van der Waals surface area contributed by atoms with Gasteiger partial charge in [0.25, 0.3) is 0 Å². The molecule has 5 heteroatoms. The Hall–Kier alpha value is -2.40. The normalized spacial score (nSPS) is 22.5. The number of nitrogens with zero attached hydrogens (tertiary/aromatic N) is 2. The van der Waals surface area contributed by atoms with Crippen LogP contribution in [0.4, 0.5) is 0 Å². The minimum Gasteiger partial charge on any atom is -0.472 e. The lowest BCUT2D eigenvalue weighted by Gasteiger charge is -2.27. The smallest absolute Gasteiger partial charge is 0.225 e. The van der Waals surface area contributed by atoms with Crippen LogP contribution in [0.1, 0.15) is 30.1 Å². The van der Waals surface area contributed by atoms with Gasteiger partial charge in [-0.05, 0) is 23.6 Å². The summed E-state index contributed by atoms with van der Waals surface area (Å²) in [6, 6.07) is 13.9. The number of likely N-dealkylation sites (tertiary alicyclic amines) is 1. The summed E-state index contributed by atoms with van der Waals surface area (Å²) in [5, 5.41) is 0. The maximum atomic E-state index is 12.7. The zero-order valence-electron chi connectivity index (χ0n) is 14.1. The van der Waals surface area contributed by atoms with Crippen LogP contribution in [0.3, 0.4) is 0 Å². The van der Waals surface area contributed by atoms with Gasteiger partial charge in [0.2, 0.25) is 11.8 Å². The molecule has 1 amide bonds. The molecule has 2 atom stereocenters. The number of ether oxygens (including phenoxy) is 2. The van der Waals surface area contributed by atoms with Gasteiger partial charge in [0.15, 0.2) is 0 Å². The molecule has 0 bridgehead atoms. The van der Waals surface area contributed by atoms with Crippen molar-refractivity contribution in [1.29, 1.82) is 0 Å². The van der Waals surface area contributed by atoms with Crippen LogP contribution >= 0.6 is 0 Å². The Morgan fingerprint density at radius 1 is 1.24 bits per heavy atom. The minimum atomic E-state index is -0.131. The van der Waals surface area contributed by atoms with Crippen molar-refractivity contribution in [2.75, 3.05) is 19.7 Å². The molecule has 1 fully saturated rings. The lowest BCUT2D eigenvalue weighted by molar-refractivity contribution is -0.133. The van der Waals surface area contributed by atoms with E-state index in [1.54, 1.807) is 6.20 Å². The molecule has 2 unspecified atom stereocenters. The van der Waals surface area contributed by atoms with Crippen molar-refractivity contribution >= 4 is 5.91 Å². The van der Waals surface area contributed by atoms with Crippen LogP contribution in [-0.2, 0) is 16.0 Å². The van der Waals surface area contributed by atoms with Crippen molar-refractivity contribution in [2.24, 2.45) is 0 Å². The molecule has 5 nitrogen and oxygen atoms in total. The van der Waals surface area contributed by atoms with E-state index in [2.05, 4.69) is 17.1 Å². The van der Waals surface area contributed by atoms with Crippen molar-refractivity contribution in [2.45, 2.75) is 31.5 Å². The third kappa shape index (κ3) is 3.66. The Bertz CT molecular complexity index is 735. The van der Waals surface area contributed by atoms with Crippen molar-refractivity contribution in [1.82, 2.24) is 9.88 Å². The summed E-state index contributed by atoms with van der Waals surface area (Å²) in [6.07, 6.45) is 3.75. The highest BCUT2D eigenvalue weighted by atomic mass is 16.5. The zero-order chi connectivity index (χ0) is 17.1. The molecule has 25 heavy (non-hydrogen) atoms. The van der Waals surface area contributed by atoms with Gasteiger partial charge in [-0.2, -0.15) is 0 Å². The van der Waals surface area contributed by atoms with E-state index in [9.17, 15) is 4.79 Å². The lowest BCUT2D eigenvalue weighted by atomic mass is 9.95. The van der Waals surface area contributed by atoms with Gasteiger partial charge in [0.05, 0.1) is 25.7 Å². The molecule has 0 aliphatic carbocycles. The molecule has 2 aliphatic heterocycles. The third-order valence-corrected chi connectivity index (χ3v) is 4.88. The molecular formula is C20H22N2O3. The van der Waals surface area contributed by atoms with Crippen LogP contribution in [-0.4, -0.2) is 41.6 Å². The van der Waals surface area contributed by atoms with Crippen LogP contribution in [0.5, 0.6) is 5.88 Å². The van der Waals surface area contributed by atoms with Crippen molar-refractivity contribution in [3.05, 3.63) is 59.8 Å². The SMILES string of the molecule is O=C(CC1OCCc2ccccc21)N1CCC(Oc2ccccn2)C1. The number of fused-ring (bicyclic) bond motifs is 1. The van der Waals surface area contributed by atoms with E-state index >= 15 is 0 Å². The average Bonchev–Trinajstić information content (AvgIpc) is 3.11. The molecule has 0 N–H and O–H groups in total. The minimum absolute atomic E-state index is 0.0124. The fourth-order valence-corrected chi connectivity index (χ4v) is 3.57. The topological polar surface area (TPSA) is 51.7 Å². The van der Waals surface area contributed by atoms with Crippen LogP contribution < -0.4 is 4.74 Å². The summed E-state index contributed by atoms with van der Waals surface area (Å²) in [6.45, 7) is 2.02. The molecule has 2 aliphatic rings. The van der Waals surface area contributed by atoms with Crippen molar-refractivity contribution in [3.63, 3.8) is 0 Å². The summed E-state index contributed by atoms with van der Waals surface area (Å²) < 4.78 is 11.7. The number of carbonyl (C=O) groups excluding carboxylic acids is 1. The van der Waals surface area contributed by atoms with Gasteiger partial charge in [0, 0.05) is 25.2 Å². The van der Waals surface area contributed by atoms with E-state index in [0.29, 0.717) is 25.5 Å². The second kappa shape index (κ2) is 7.23. The summed E-state index contributed by atoms with van der Waals surface area (Å²) in [5.74, 6) is 0.750. The zero-order valence-corrected chi connectivity index (χ0v) is 14.1. The second-order valence-electron chi connectivity index (χ2n) is 6.55. The standard InChI is InChI=1S/C20H22N2O3/c23-20(13-18-17-6-2-1-5-15(17)9-12-24-18)22-11-8-16(14-22)25-19-7-3-4-10-21-19/h1-7,10,16,18H,8-9,11-14H2. The van der Waals surface area contributed by atoms with Crippen LogP contribution in [0.2, 0.25) is 0 Å². The highest BCUT2D eigenvalue weighted by molar-refractivity contribution is 5.77. The maximum absolute atomic E-state index is 12.7. The quantitative estimate of drug-likeness (QED) is 0.860. The molecule has 4 rings (SSSR count). The average molecular weight is 338 g/mol. The molecule has 1 aromatic heterocycles. The molecule has 1 aromatic carbocycles. The lowest BCUT2D eigenvalue weighted by Crippen LogP contribution is -2.33. The van der Waals surface area contributed by atoms with Crippen molar-refractivity contribution < 1.29 is 14.3 Å². The number of hydrogen-bond donors (Lipinski definition) is 0. The summed E-state index contributed by atoms with van der Waals surface area (Å²) >= 11 is 0. The third-order valence-electron chi connectivity index (χ3n) is 4.88. The fraction of sp³-hybridized carbons (Fsp3) is 0.400. The van der Waals surface area contributed by atoms with Crippen LogP contribution in [0.25, 0.3) is 0 Å². The first kappa shape index (κ1) is 16.1. The van der Waals surface area contributed by atoms with Gasteiger partial charge < -0.3 is 14.4 Å². The predicted octanol–water partition coefficient (Wildman–Crippen LogP) is 2.77. The summed E-state index contributed by atoms with van der Waals surface area (Å²) in [5.41, 5.74) is 2.45. The molecule has 3 heterocycles. The van der Waals surface area contributed by atoms with Gasteiger partial charge in [0.1, 0.15) is 6.10 Å². The van der Waals surface area contributed by atoms with E-state index in [-0.39, 0.29) is 18.1 Å². The first-order valence-electron chi connectivity index (χ1n) is 8.84. The number of amides is 1. The molecule has 2 aromatic rings. The first-order valence-corrected chi connectivity index (χ1v) is 8.84. The predicted molar refractivity (Wildman–Crippen MR) is 93.3 cm³/mol. The highest BCUT2D eigenvalue weighted by Gasteiger charge is 2.31. The monoisotopic (exact) mass is 338 g/mol. The van der Waals surface area contributed by atoms with E-state index in [1.165, 1.54) is 5.56 Å². The second-order valence-corrected chi connectivity index (χ2v) is 6.55. The molecule has 0 saturated carbocycles. The largest absolute Gasteiger partial charge is 0.472 e. The van der Waals surface area contributed by atoms with Gasteiger partial charge in [-0.3, -0.25) is 4.79 Å². The Kier molecular flexibility index (Phi) is 4.65. The maximum Gasteiger partial charge on any atom is 0.225 e. The Balaban J connectivity index is 1.35. The van der Waals surface area contributed by atoms with Gasteiger partial charge in [-0.1, -0.05) is 30.3 Å².